The van der Waals surface area contributed by atoms with Crippen LogP contribution in [-0.4, -0.2) is 25.4 Å². The molecular formula is C14H21NO2. The van der Waals surface area contributed by atoms with Gasteiger partial charge in [-0.05, 0) is 38.0 Å². The molecule has 0 bridgehead atoms. The molecule has 17 heavy (non-hydrogen) atoms. The Bertz CT molecular complexity index is 337. The molecule has 1 N–H and O–H groups in total. The van der Waals surface area contributed by atoms with Crippen LogP contribution in [0.5, 0.6) is 5.75 Å². The van der Waals surface area contributed by atoms with Crippen LogP contribution in [0.4, 0.5) is 0 Å². The Morgan fingerprint density at radius 1 is 1.35 bits per heavy atom. The third kappa shape index (κ3) is 3.45. The third-order valence-corrected chi connectivity index (χ3v) is 3.18. The van der Waals surface area contributed by atoms with E-state index in [-0.39, 0.29) is 0 Å². The lowest BCUT2D eigenvalue weighted by atomic mass is 10.1. The number of benzene rings is 1. The lowest BCUT2D eigenvalue weighted by molar-refractivity contribution is 0.113. The molecule has 1 saturated heterocycles. The van der Waals surface area contributed by atoms with E-state index in [1.807, 2.05) is 19.1 Å². The quantitative estimate of drug-likeness (QED) is 0.850. The summed E-state index contributed by atoms with van der Waals surface area (Å²) in [6.45, 7) is 6.61. The summed E-state index contributed by atoms with van der Waals surface area (Å²) in [5.41, 5.74) is 1.28. The van der Waals surface area contributed by atoms with Gasteiger partial charge in [0, 0.05) is 19.2 Å². The molecule has 3 nitrogen and oxygen atoms in total. The van der Waals surface area contributed by atoms with Crippen LogP contribution in [0.3, 0.4) is 0 Å². The molecule has 0 spiro atoms. The molecule has 2 atom stereocenters. The summed E-state index contributed by atoms with van der Waals surface area (Å²) in [5, 5.41) is 3.53. The maximum atomic E-state index is 5.52. The van der Waals surface area contributed by atoms with Crippen LogP contribution < -0.4 is 10.1 Å². The zero-order valence-electron chi connectivity index (χ0n) is 10.6. The smallest absolute Gasteiger partial charge is 0.119 e. The minimum atomic E-state index is 0.331. The third-order valence-electron chi connectivity index (χ3n) is 3.18. The van der Waals surface area contributed by atoms with Gasteiger partial charge in [0.2, 0.25) is 0 Å². The summed E-state index contributed by atoms with van der Waals surface area (Å²) < 4.78 is 10.9. The molecule has 0 aromatic heterocycles. The summed E-state index contributed by atoms with van der Waals surface area (Å²) in [7, 11) is 0. The van der Waals surface area contributed by atoms with Crippen molar-refractivity contribution in [1.29, 1.82) is 0 Å². The van der Waals surface area contributed by atoms with Gasteiger partial charge in [-0.1, -0.05) is 12.1 Å². The molecule has 1 aromatic carbocycles. The summed E-state index contributed by atoms with van der Waals surface area (Å²) >= 11 is 0. The Balaban J connectivity index is 1.82. The van der Waals surface area contributed by atoms with Gasteiger partial charge in [0.05, 0.1) is 12.7 Å². The van der Waals surface area contributed by atoms with Gasteiger partial charge < -0.3 is 14.8 Å². The van der Waals surface area contributed by atoms with Crippen molar-refractivity contribution >= 4 is 0 Å². The first kappa shape index (κ1) is 12.4. The zero-order chi connectivity index (χ0) is 12.1. The standard InChI is InChI=1S/C14H21NO2/c1-3-16-13-6-4-12(5-7-13)10-15-14-8-9-17-11(14)2/h4-7,11,14-15H,3,8-10H2,1-2H3. The fourth-order valence-electron chi connectivity index (χ4n) is 2.12. The Morgan fingerprint density at radius 2 is 2.12 bits per heavy atom. The van der Waals surface area contributed by atoms with Gasteiger partial charge in [-0.3, -0.25) is 0 Å². The van der Waals surface area contributed by atoms with Gasteiger partial charge in [-0.25, -0.2) is 0 Å². The van der Waals surface area contributed by atoms with E-state index in [9.17, 15) is 0 Å². The molecule has 0 amide bonds. The number of hydrogen-bond donors (Lipinski definition) is 1. The van der Waals surface area contributed by atoms with Crippen LogP contribution in [0.25, 0.3) is 0 Å². The highest BCUT2D eigenvalue weighted by molar-refractivity contribution is 5.27. The predicted octanol–water partition coefficient (Wildman–Crippen LogP) is 2.35. The average molecular weight is 235 g/mol. The van der Waals surface area contributed by atoms with Crippen molar-refractivity contribution in [3.05, 3.63) is 29.8 Å². The molecule has 1 aliphatic heterocycles. The molecule has 0 aliphatic carbocycles. The molecule has 2 unspecified atom stereocenters. The maximum absolute atomic E-state index is 5.52. The molecule has 3 heteroatoms. The maximum Gasteiger partial charge on any atom is 0.119 e. The lowest BCUT2D eigenvalue weighted by Crippen LogP contribution is -2.34. The van der Waals surface area contributed by atoms with Crippen LogP contribution in [0, 0.1) is 0 Å². The molecule has 94 valence electrons. The van der Waals surface area contributed by atoms with Crippen molar-refractivity contribution in [3.8, 4) is 5.75 Å². The summed E-state index contributed by atoms with van der Waals surface area (Å²) in [4.78, 5) is 0. The number of rotatable bonds is 5. The first-order chi connectivity index (χ1) is 8.29. The highest BCUT2D eigenvalue weighted by Gasteiger charge is 2.23. The van der Waals surface area contributed by atoms with Crippen molar-refractivity contribution in [2.75, 3.05) is 13.2 Å². The molecular weight excluding hydrogens is 214 g/mol. The molecule has 1 aliphatic rings. The van der Waals surface area contributed by atoms with Crippen LogP contribution >= 0.6 is 0 Å². The topological polar surface area (TPSA) is 30.5 Å². The van der Waals surface area contributed by atoms with Gasteiger partial charge >= 0.3 is 0 Å². The van der Waals surface area contributed by atoms with E-state index in [1.54, 1.807) is 0 Å². The van der Waals surface area contributed by atoms with Gasteiger partial charge in [0.15, 0.2) is 0 Å². The molecule has 1 fully saturated rings. The fraction of sp³-hybridized carbons (Fsp3) is 0.571. The van der Waals surface area contributed by atoms with Crippen molar-refractivity contribution in [2.45, 2.75) is 39.0 Å². The fourth-order valence-corrected chi connectivity index (χ4v) is 2.12. The second kappa shape index (κ2) is 6.03. The number of ether oxygens (including phenoxy) is 2. The van der Waals surface area contributed by atoms with Crippen LogP contribution in [0.15, 0.2) is 24.3 Å². The van der Waals surface area contributed by atoms with Crippen molar-refractivity contribution in [1.82, 2.24) is 5.32 Å². The minimum absolute atomic E-state index is 0.331. The highest BCUT2D eigenvalue weighted by atomic mass is 16.5. The first-order valence-corrected chi connectivity index (χ1v) is 6.36. The van der Waals surface area contributed by atoms with Crippen LogP contribution in [-0.2, 0) is 11.3 Å². The highest BCUT2D eigenvalue weighted by Crippen LogP contribution is 2.15. The first-order valence-electron chi connectivity index (χ1n) is 6.36. The number of hydrogen-bond acceptors (Lipinski definition) is 3. The van der Waals surface area contributed by atoms with Gasteiger partial charge in [0.25, 0.3) is 0 Å². The summed E-state index contributed by atoms with van der Waals surface area (Å²) in [6, 6.07) is 8.75. The average Bonchev–Trinajstić information content (AvgIpc) is 2.75. The van der Waals surface area contributed by atoms with E-state index in [0.717, 1.165) is 25.3 Å². The second-order valence-corrected chi connectivity index (χ2v) is 4.43. The molecule has 0 saturated carbocycles. The summed E-state index contributed by atoms with van der Waals surface area (Å²) in [5.74, 6) is 0.939. The largest absolute Gasteiger partial charge is 0.494 e. The second-order valence-electron chi connectivity index (χ2n) is 4.43. The molecule has 2 rings (SSSR count). The Hall–Kier alpha value is -1.06. The lowest BCUT2D eigenvalue weighted by Gasteiger charge is -2.16. The summed E-state index contributed by atoms with van der Waals surface area (Å²) in [6.07, 6.45) is 1.44. The molecule has 1 aromatic rings. The molecule has 0 radical (unpaired) electrons. The predicted molar refractivity (Wildman–Crippen MR) is 68.3 cm³/mol. The van der Waals surface area contributed by atoms with E-state index in [4.69, 9.17) is 9.47 Å². The van der Waals surface area contributed by atoms with Crippen molar-refractivity contribution < 1.29 is 9.47 Å². The van der Waals surface area contributed by atoms with Gasteiger partial charge in [0.1, 0.15) is 5.75 Å². The Morgan fingerprint density at radius 3 is 2.71 bits per heavy atom. The zero-order valence-corrected chi connectivity index (χ0v) is 10.6. The van der Waals surface area contributed by atoms with E-state index in [0.29, 0.717) is 18.8 Å². The Labute approximate surface area is 103 Å². The van der Waals surface area contributed by atoms with Crippen molar-refractivity contribution in [3.63, 3.8) is 0 Å². The van der Waals surface area contributed by atoms with Crippen molar-refractivity contribution in [2.24, 2.45) is 0 Å². The van der Waals surface area contributed by atoms with Gasteiger partial charge in [-0.2, -0.15) is 0 Å². The molecule has 1 heterocycles. The van der Waals surface area contributed by atoms with E-state index < -0.39 is 0 Å². The monoisotopic (exact) mass is 235 g/mol. The number of nitrogens with one attached hydrogen (secondary N) is 1. The van der Waals surface area contributed by atoms with E-state index >= 15 is 0 Å². The Kier molecular flexibility index (Phi) is 4.40. The van der Waals surface area contributed by atoms with Crippen LogP contribution in [0.2, 0.25) is 0 Å². The van der Waals surface area contributed by atoms with Gasteiger partial charge in [-0.15, -0.1) is 0 Å². The van der Waals surface area contributed by atoms with Crippen LogP contribution in [0.1, 0.15) is 25.8 Å². The normalized spacial score (nSPS) is 23.9. The van der Waals surface area contributed by atoms with E-state index in [2.05, 4.69) is 24.4 Å². The minimum Gasteiger partial charge on any atom is -0.494 e. The van der Waals surface area contributed by atoms with E-state index in [1.165, 1.54) is 5.56 Å². The SMILES string of the molecule is CCOc1ccc(CNC2CCOC2C)cc1.